The van der Waals surface area contributed by atoms with E-state index in [1.165, 1.54) is 0 Å². The van der Waals surface area contributed by atoms with E-state index < -0.39 is 12.6 Å². The molecule has 19 heavy (non-hydrogen) atoms. The number of nitrogens with one attached hydrogen (secondary N) is 1. The first-order valence-electron chi connectivity index (χ1n) is 6.06. The van der Waals surface area contributed by atoms with Crippen LogP contribution >= 0.6 is 0 Å². The molecular formula is C13H18N2O4. The van der Waals surface area contributed by atoms with Gasteiger partial charge in [-0.3, -0.25) is 4.79 Å². The summed E-state index contributed by atoms with van der Waals surface area (Å²) in [5, 5.41) is 11.2. The number of carbonyl (C=O) groups excluding carboxylic acids is 1. The van der Waals surface area contributed by atoms with Crippen molar-refractivity contribution in [1.29, 1.82) is 0 Å². The molecule has 1 aromatic carbocycles. The van der Waals surface area contributed by atoms with Crippen LogP contribution in [-0.4, -0.2) is 30.1 Å². The number of hydrogen-bond donors (Lipinski definition) is 3. The van der Waals surface area contributed by atoms with Crippen LogP contribution in [0.15, 0.2) is 24.3 Å². The third kappa shape index (κ3) is 6.42. The van der Waals surface area contributed by atoms with Crippen molar-refractivity contribution in [2.24, 2.45) is 5.73 Å². The first-order valence-corrected chi connectivity index (χ1v) is 6.06. The summed E-state index contributed by atoms with van der Waals surface area (Å²) in [5.74, 6) is -0.734. The SMILES string of the molecule is NCCCCC(=O)Nc1cccc(OCC(=O)O)c1. The molecule has 6 heteroatoms. The highest BCUT2D eigenvalue weighted by Gasteiger charge is 2.04. The van der Waals surface area contributed by atoms with Gasteiger partial charge in [-0.1, -0.05) is 6.07 Å². The molecule has 0 aliphatic carbocycles. The Morgan fingerprint density at radius 2 is 2.11 bits per heavy atom. The fourth-order valence-corrected chi connectivity index (χ4v) is 1.46. The van der Waals surface area contributed by atoms with Crippen LogP contribution in [0.3, 0.4) is 0 Å². The number of carboxylic acids is 1. The van der Waals surface area contributed by atoms with E-state index in [4.69, 9.17) is 15.6 Å². The summed E-state index contributed by atoms with van der Waals surface area (Å²) in [4.78, 5) is 22.0. The lowest BCUT2D eigenvalue weighted by Crippen LogP contribution is -2.12. The van der Waals surface area contributed by atoms with Crippen LogP contribution in [0.5, 0.6) is 5.75 Å². The minimum atomic E-state index is -1.05. The molecule has 1 rings (SSSR count). The smallest absolute Gasteiger partial charge is 0.341 e. The van der Waals surface area contributed by atoms with Gasteiger partial charge in [-0.05, 0) is 31.5 Å². The average Bonchev–Trinajstić information content (AvgIpc) is 2.37. The molecule has 0 aliphatic rings. The Hall–Kier alpha value is -2.08. The predicted octanol–water partition coefficient (Wildman–Crippen LogP) is 1.22. The fourth-order valence-electron chi connectivity index (χ4n) is 1.46. The molecule has 0 saturated heterocycles. The minimum Gasteiger partial charge on any atom is -0.482 e. The monoisotopic (exact) mass is 266 g/mol. The van der Waals surface area contributed by atoms with Gasteiger partial charge in [-0.2, -0.15) is 0 Å². The molecule has 6 nitrogen and oxygen atoms in total. The number of carbonyl (C=O) groups is 2. The molecule has 0 saturated carbocycles. The highest BCUT2D eigenvalue weighted by molar-refractivity contribution is 5.90. The number of hydrogen-bond acceptors (Lipinski definition) is 4. The van der Waals surface area contributed by atoms with Gasteiger partial charge in [0.1, 0.15) is 5.75 Å². The highest BCUT2D eigenvalue weighted by atomic mass is 16.5. The Labute approximate surface area is 111 Å². The van der Waals surface area contributed by atoms with E-state index in [1.807, 2.05) is 0 Å². The van der Waals surface area contributed by atoms with E-state index in [0.29, 0.717) is 24.4 Å². The van der Waals surface area contributed by atoms with Crippen molar-refractivity contribution in [1.82, 2.24) is 0 Å². The summed E-state index contributed by atoms with van der Waals surface area (Å²) >= 11 is 0. The molecule has 0 unspecified atom stereocenters. The first-order chi connectivity index (χ1) is 9.11. The lowest BCUT2D eigenvalue weighted by Gasteiger charge is -2.07. The van der Waals surface area contributed by atoms with E-state index in [1.54, 1.807) is 24.3 Å². The molecule has 0 spiro atoms. The fraction of sp³-hybridized carbons (Fsp3) is 0.385. The number of anilines is 1. The molecular weight excluding hydrogens is 248 g/mol. The highest BCUT2D eigenvalue weighted by Crippen LogP contribution is 2.17. The molecule has 0 atom stereocenters. The maximum absolute atomic E-state index is 11.6. The number of amides is 1. The van der Waals surface area contributed by atoms with Crippen molar-refractivity contribution >= 4 is 17.6 Å². The maximum Gasteiger partial charge on any atom is 0.341 e. The second-order valence-corrected chi connectivity index (χ2v) is 4.00. The number of nitrogens with two attached hydrogens (primary N) is 1. The van der Waals surface area contributed by atoms with Gasteiger partial charge < -0.3 is 20.9 Å². The summed E-state index contributed by atoms with van der Waals surface area (Å²) in [6.07, 6.45) is 1.98. The molecule has 4 N–H and O–H groups in total. The standard InChI is InChI=1S/C13H18N2O4/c14-7-2-1-6-12(16)15-10-4-3-5-11(8-10)19-9-13(17)18/h3-5,8H,1-2,6-7,9,14H2,(H,15,16)(H,17,18). The molecule has 0 aromatic heterocycles. The Kier molecular flexibility index (Phi) is 6.38. The third-order valence-electron chi connectivity index (χ3n) is 2.34. The Balaban J connectivity index is 2.47. The zero-order valence-corrected chi connectivity index (χ0v) is 10.6. The quantitative estimate of drug-likeness (QED) is 0.614. The maximum atomic E-state index is 11.6. The number of unbranched alkanes of at least 4 members (excludes halogenated alkanes) is 1. The van der Waals surface area contributed by atoms with Crippen LogP contribution in [0.1, 0.15) is 19.3 Å². The van der Waals surface area contributed by atoms with Crippen LogP contribution in [0.25, 0.3) is 0 Å². The molecule has 0 aliphatic heterocycles. The number of rotatable bonds is 8. The molecule has 1 aromatic rings. The lowest BCUT2D eigenvalue weighted by molar-refractivity contribution is -0.139. The molecule has 0 bridgehead atoms. The van der Waals surface area contributed by atoms with Crippen LogP contribution in [0.4, 0.5) is 5.69 Å². The average molecular weight is 266 g/mol. The zero-order valence-electron chi connectivity index (χ0n) is 10.6. The number of ether oxygens (including phenoxy) is 1. The third-order valence-corrected chi connectivity index (χ3v) is 2.34. The Morgan fingerprint density at radius 3 is 2.79 bits per heavy atom. The topological polar surface area (TPSA) is 102 Å². The van der Waals surface area contributed by atoms with Gasteiger partial charge in [0, 0.05) is 18.2 Å². The summed E-state index contributed by atoms with van der Waals surface area (Å²) in [6.45, 7) is 0.166. The van der Waals surface area contributed by atoms with Crippen LogP contribution in [0.2, 0.25) is 0 Å². The Bertz CT molecular complexity index is 434. The van der Waals surface area contributed by atoms with Gasteiger partial charge in [0.25, 0.3) is 0 Å². The summed E-state index contributed by atoms with van der Waals surface area (Å²) in [6, 6.07) is 6.62. The largest absolute Gasteiger partial charge is 0.482 e. The lowest BCUT2D eigenvalue weighted by atomic mass is 10.2. The molecule has 104 valence electrons. The van der Waals surface area contributed by atoms with Gasteiger partial charge >= 0.3 is 5.97 Å². The number of benzene rings is 1. The van der Waals surface area contributed by atoms with E-state index in [9.17, 15) is 9.59 Å². The van der Waals surface area contributed by atoms with Crippen LogP contribution in [0, 0.1) is 0 Å². The molecule has 0 fully saturated rings. The van der Waals surface area contributed by atoms with Gasteiger partial charge in [-0.25, -0.2) is 4.79 Å². The summed E-state index contributed by atoms with van der Waals surface area (Å²) in [5.41, 5.74) is 5.93. The van der Waals surface area contributed by atoms with Gasteiger partial charge in [-0.15, -0.1) is 0 Å². The second kappa shape index (κ2) is 8.10. The normalized spacial score (nSPS) is 9.95. The number of aliphatic carboxylic acids is 1. The predicted molar refractivity (Wildman–Crippen MR) is 71.1 cm³/mol. The van der Waals surface area contributed by atoms with Crippen molar-refractivity contribution in [2.75, 3.05) is 18.5 Å². The van der Waals surface area contributed by atoms with Crippen LogP contribution in [-0.2, 0) is 9.59 Å². The first kappa shape index (κ1) is 15.0. The second-order valence-electron chi connectivity index (χ2n) is 4.00. The van der Waals surface area contributed by atoms with Gasteiger partial charge in [0.2, 0.25) is 5.91 Å². The minimum absolute atomic E-state index is 0.0937. The van der Waals surface area contributed by atoms with E-state index in [-0.39, 0.29) is 5.91 Å². The zero-order chi connectivity index (χ0) is 14.1. The van der Waals surface area contributed by atoms with Gasteiger partial charge in [0.15, 0.2) is 6.61 Å². The molecule has 0 radical (unpaired) electrons. The van der Waals surface area contributed by atoms with Crippen molar-refractivity contribution in [2.45, 2.75) is 19.3 Å². The summed E-state index contributed by atoms with van der Waals surface area (Å²) in [7, 11) is 0. The number of carboxylic acid groups (broad SMARTS) is 1. The summed E-state index contributed by atoms with van der Waals surface area (Å²) < 4.78 is 5.02. The van der Waals surface area contributed by atoms with Crippen molar-refractivity contribution in [3.8, 4) is 5.75 Å². The van der Waals surface area contributed by atoms with Crippen molar-refractivity contribution < 1.29 is 19.4 Å². The molecule has 1 amide bonds. The van der Waals surface area contributed by atoms with Crippen molar-refractivity contribution in [3.05, 3.63) is 24.3 Å². The van der Waals surface area contributed by atoms with Crippen molar-refractivity contribution in [3.63, 3.8) is 0 Å². The van der Waals surface area contributed by atoms with E-state index in [0.717, 1.165) is 12.8 Å². The van der Waals surface area contributed by atoms with E-state index >= 15 is 0 Å². The van der Waals surface area contributed by atoms with Gasteiger partial charge in [0.05, 0.1) is 0 Å². The Morgan fingerprint density at radius 1 is 1.32 bits per heavy atom. The van der Waals surface area contributed by atoms with E-state index in [2.05, 4.69) is 5.32 Å². The molecule has 0 heterocycles. The van der Waals surface area contributed by atoms with Crippen LogP contribution < -0.4 is 15.8 Å².